The Kier molecular flexibility index (Phi) is 8.52. The minimum atomic E-state index is -0.448. The number of hydrogen-bond donors (Lipinski definition) is 1. The summed E-state index contributed by atoms with van der Waals surface area (Å²) in [6.07, 6.45) is 2.64. The second-order valence-corrected chi connectivity index (χ2v) is 9.38. The maximum atomic E-state index is 13.2. The number of aryl methyl sites for hydroxylation is 1. The molecule has 0 aromatic heterocycles. The van der Waals surface area contributed by atoms with Gasteiger partial charge in [-0.25, -0.2) is 4.99 Å². The summed E-state index contributed by atoms with van der Waals surface area (Å²) >= 11 is 1.39. The third-order valence-corrected chi connectivity index (χ3v) is 6.82. The number of nitrogens with zero attached hydrogens (tertiary/aromatic N) is 2. The van der Waals surface area contributed by atoms with Crippen LogP contribution in [-0.4, -0.2) is 40.2 Å². The van der Waals surface area contributed by atoms with Crippen LogP contribution in [0.5, 0.6) is 0 Å². The lowest BCUT2D eigenvalue weighted by molar-refractivity contribution is -0.129. The lowest BCUT2D eigenvalue weighted by Gasteiger charge is -2.16. The zero-order valence-electron chi connectivity index (χ0n) is 19.1. The van der Waals surface area contributed by atoms with Crippen LogP contribution in [0.3, 0.4) is 0 Å². The standard InChI is InChI=1S/C28H29N3O2S/c32-26(29-19-18-23-13-6-2-7-14-23)21-25-27(33)31(20-10-15-22-11-4-1-5-12-22)28(34-25)30-24-16-8-3-9-17-24/h1-9,11-14,16-17,25H,10,15,18-21H2,(H,29,32)/t25-/m1/s1. The van der Waals surface area contributed by atoms with E-state index in [1.165, 1.54) is 22.9 Å². The van der Waals surface area contributed by atoms with Gasteiger partial charge in [-0.15, -0.1) is 0 Å². The first kappa shape index (κ1) is 23.8. The molecule has 5 nitrogen and oxygen atoms in total. The highest BCUT2D eigenvalue weighted by atomic mass is 32.2. The van der Waals surface area contributed by atoms with Crippen molar-refractivity contribution >= 4 is 34.4 Å². The van der Waals surface area contributed by atoms with E-state index in [2.05, 4.69) is 17.4 Å². The topological polar surface area (TPSA) is 61.8 Å². The molecule has 0 spiro atoms. The number of carbonyl (C=O) groups excluding carboxylic acids is 2. The van der Waals surface area contributed by atoms with Crippen molar-refractivity contribution in [2.24, 2.45) is 4.99 Å². The van der Waals surface area contributed by atoms with Crippen molar-refractivity contribution in [3.05, 3.63) is 102 Å². The number of nitrogens with one attached hydrogen (secondary N) is 1. The minimum absolute atomic E-state index is 0.0362. The molecule has 0 unspecified atom stereocenters. The average Bonchev–Trinajstić information content (AvgIpc) is 3.15. The summed E-state index contributed by atoms with van der Waals surface area (Å²) in [7, 11) is 0. The van der Waals surface area contributed by atoms with Crippen molar-refractivity contribution in [3.63, 3.8) is 0 Å². The molecular formula is C28H29N3O2S. The number of thioether (sulfide) groups is 1. The van der Waals surface area contributed by atoms with E-state index in [-0.39, 0.29) is 18.2 Å². The van der Waals surface area contributed by atoms with Gasteiger partial charge in [0, 0.05) is 19.5 Å². The van der Waals surface area contributed by atoms with Gasteiger partial charge in [-0.2, -0.15) is 0 Å². The molecule has 3 aromatic carbocycles. The van der Waals surface area contributed by atoms with Crippen LogP contribution in [0.15, 0.2) is 96.0 Å². The highest BCUT2D eigenvalue weighted by Gasteiger charge is 2.38. The normalized spacial score (nSPS) is 16.7. The van der Waals surface area contributed by atoms with E-state index in [0.717, 1.165) is 24.9 Å². The Morgan fingerprint density at radius 1 is 0.853 bits per heavy atom. The third kappa shape index (κ3) is 6.81. The number of carbonyl (C=O) groups is 2. The van der Waals surface area contributed by atoms with Gasteiger partial charge >= 0.3 is 0 Å². The molecule has 0 radical (unpaired) electrons. The molecule has 1 aliphatic heterocycles. The fourth-order valence-corrected chi connectivity index (χ4v) is 5.05. The molecule has 1 saturated heterocycles. The maximum Gasteiger partial charge on any atom is 0.242 e. The van der Waals surface area contributed by atoms with Gasteiger partial charge in [-0.3, -0.25) is 14.5 Å². The van der Waals surface area contributed by atoms with E-state index in [0.29, 0.717) is 18.3 Å². The van der Waals surface area contributed by atoms with Gasteiger partial charge in [0.2, 0.25) is 11.8 Å². The molecule has 1 fully saturated rings. The monoisotopic (exact) mass is 471 g/mol. The van der Waals surface area contributed by atoms with Crippen LogP contribution in [-0.2, 0) is 22.4 Å². The van der Waals surface area contributed by atoms with Crippen LogP contribution in [0, 0.1) is 0 Å². The summed E-state index contributed by atoms with van der Waals surface area (Å²) in [6, 6.07) is 29.9. The average molecular weight is 472 g/mol. The fraction of sp³-hybridized carbons (Fsp3) is 0.250. The van der Waals surface area contributed by atoms with Crippen LogP contribution in [0.4, 0.5) is 5.69 Å². The van der Waals surface area contributed by atoms with Crippen molar-refractivity contribution in [1.82, 2.24) is 10.2 Å². The summed E-state index contributed by atoms with van der Waals surface area (Å²) in [5, 5.41) is 3.18. The molecule has 2 amide bonds. The Morgan fingerprint density at radius 3 is 2.09 bits per heavy atom. The van der Waals surface area contributed by atoms with Gasteiger partial charge in [-0.1, -0.05) is 90.6 Å². The molecule has 6 heteroatoms. The molecule has 4 rings (SSSR count). The van der Waals surface area contributed by atoms with Crippen molar-refractivity contribution in [2.45, 2.75) is 30.9 Å². The third-order valence-electron chi connectivity index (χ3n) is 5.64. The number of aliphatic imine (C=N–C) groups is 1. The maximum absolute atomic E-state index is 13.2. The number of amidine groups is 1. The first-order chi connectivity index (χ1) is 16.7. The lowest BCUT2D eigenvalue weighted by atomic mass is 10.1. The SMILES string of the molecule is O=C(C[C@H]1SC(=Nc2ccccc2)N(CCCc2ccccc2)C1=O)NCCc1ccccc1. The molecule has 1 atom stereocenters. The summed E-state index contributed by atoms with van der Waals surface area (Å²) in [4.78, 5) is 32.3. The molecule has 34 heavy (non-hydrogen) atoms. The molecular weight excluding hydrogens is 442 g/mol. The molecule has 1 aliphatic rings. The van der Waals surface area contributed by atoms with E-state index in [1.807, 2.05) is 78.9 Å². The zero-order valence-corrected chi connectivity index (χ0v) is 19.9. The smallest absolute Gasteiger partial charge is 0.242 e. The summed E-state index contributed by atoms with van der Waals surface area (Å²) in [5.41, 5.74) is 3.23. The van der Waals surface area contributed by atoms with Crippen molar-refractivity contribution in [3.8, 4) is 0 Å². The van der Waals surface area contributed by atoms with E-state index in [4.69, 9.17) is 4.99 Å². The van der Waals surface area contributed by atoms with Gasteiger partial charge in [0.05, 0.1) is 5.69 Å². The van der Waals surface area contributed by atoms with Gasteiger partial charge in [0.15, 0.2) is 5.17 Å². The van der Waals surface area contributed by atoms with Crippen LogP contribution in [0.1, 0.15) is 24.0 Å². The second kappa shape index (κ2) is 12.2. The molecule has 174 valence electrons. The number of benzene rings is 3. The quantitative estimate of drug-likeness (QED) is 0.453. The van der Waals surface area contributed by atoms with Crippen LogP contribution in [0.2, 0.25) is 0 Å². The van der Waals surface area contributed by atoms with E-state index in [9.17, 15) is 9.59 Å². The molecule has 0 saturated carbocycles. The molecule has 3 aromatic rings. The first-order valence-electron chi connectivity index (χ1n) is 11.7. The predicted molar refractivity (Wildman–Crippen MR) is 139 cm³/mol. The van der Waals surface area contributed by atoms with E-state index in [1.54, 1.807) is 4.90 Å². The minimum Gasteiger partial charge on any atom is -0.356 e. The van der Waals surface area contributed by atoms with Gasteiger partial charge in [0.25, 0.3) is 0 Å². The molecule has 0 aliphatic carbocycles. The molecule has 0 bridgehead atoms. The number of para-hydroxylation sites is 1. The Hall–Kier alpha value is -3.38. The Balaban J connectivity index is 1.37. The lowest BCUT2D eigenvalue weighted by Crippen LogP contribution is -2.35. The van der Waals surface area contributed by atoms with Crippen LogP contribution >= 0.6 is 11.8 Å². The van der Waals surface area contributed by atoms with Crippen LogP contribution in [0.25, 0.3) is 0 Å². The number of amides is 2. The Bertz CT molecular complexity index is 1100. The first-order valence-corrected chi connectivity index (χ1v) is 12.5. The molecule has 1 N–H and O–H groups in total. The predicted octanol–water partition coefficient (Wildman–Crippen LogP) is 5.00. The number of rotatable bonds is 10. The van der Waals surface area contributed by atoms with Crippen LogP contribution < -0.4 is 5.32 Å². The van der Waals surface area contributed by atoms with Crippen molar-refractivity contribution in [2.75, 3.05) is 13.1 Å². The Labute approximate surface area is 205 Å². The van der Waals surface area contributed by atoms with E-state index < -0.39 is 5.25 Å². The summed E-state index contributed by atoms with van der Waals surface area (Å²) in [6.45, 7) is 1.14. The van der Waals surface area contributed by atoms with Gasteiger partial charge < -0.3 is 5.32 Å². The van der Waals surface area contributed by atoms with Crippen molar-refractivity contribution in [1.29, 1.82) is 0 Å². The highest BCUT2D eigenvalue weighted by Crippen LogP contribution is 2.31. The van der Waals surface area contributed by atoms with E-state index >= 15 is 0 Å². The van der Waals surface area contributed by atoms with Crippen molar-refractivity contribution < 1.29 is 9.59 Å². The second-order valence-electron chi connectivity index (χ2n) is 8.21. The number of hydrogen-bond acceptors (Lipinski definition) is 4. The summed E-state index contributed by atoms with van der Waals surface area (Å²) < 4.78 is 0. The fourth-order valence-electron chi connectivity index (χ4n) is 3.86. The molecule has 1 heterocycles. The largest absolute Gasteiger partial charge is 0.356 e. The Morgan fingerprint density at radius 2 is 1.44 bits per heavy atom. The van der Waals surface area contributed by atoms with Gasteiger partial charge in [0.1, 0.15) is 5.25 Å². The van der Waals surface area contributed by atoms with Gasteiger partial charge in [-0.05, 0) is 42.5 Å². The summed E-state index contributed by atoms with van der Waals surface area (Å²) in [5.74, 6) is -0.141. The zero-order chi connectivity index (χ0) is 23.6. The highest BCUT2D eigenvalue weighted by molar-refractivity contribution is 8.15.